The van der Waals surface area contributed by atoms with Gasteiger partial charge in [0.05, 0.1) is 33.1 Å². The average Bonchev–Trinajstić information content (AvgIpc) is 3.03. The first-order valence-electron chi connectivity index (χ1n) is 7.05. The number of hydrogen-bond acceptors (Lipinski definition) is 6. The highest BCUT2D eigenvalue weighted by atomic mass is 32.1. The molecule has 0 spiro atoms. The zero-order chi connectivity index (χ0) is 16.8. The summed E-state index contributed by atoms with van der Waals surface area (Å²) in [5.41, 5.74) is 1.56. The molecule has 2 aromatic rings. The summed E-state index contributed by atoms with van der Waals surface area (Å²) in [6.45, 7) is 2.44. The van der Waals surface area contributed by atoms with Gasteiger partial charge in [0.25, 0.3) is 0 Å². The summed E-state index contributed by atoms with van der Waals surface area (Å²) >= 11 is 1.41. The second-order valence-corrected chi connectivity index (χ2v) is 5.58. The maximum Gasteiger partial charge on any atom is 0.225 e. The lowest BCUT2D eigenvalue weighted by molar-refractivity contribution is -0.116. The number of methoxy groups -OCH3 is 3. The van der Waals surface area contributed by atoms with E-state index in [-0.39, 0.29) is 5.91 Å². The highest BCUT2D eigenvalue weighted by molar-refractivity contribution is 7.14. The van der Waals surface area contributed by atoms with Gasteiger partial charge in [0.2, 0.25) is 5.91 Å². The number of anilines is 1. The number of ether oxygens (including phenoxy) is 3. The Morgan fingerprint density at radius 1 is 1.26 bits per heavy atom. The summed E-state index contributed by atoms with van der Waals surface area (Å²) in [4.78, 5) is 18.0. The first-order valence-corrected chi connectivity index (χ1v) is 7.93. The smallest absolute Gasteiger partial charge is 0.225 e. The van der Waals surface area contributed by atoms with Crippen LogP contribution in [-0.4, -0.2) is 45.4 Å². The Morgan fingerprint density at radius 2 is 2.04 bits per heavy atom. The number of carbonyl (C=O) groups is 1. The van der Waals surface area contributed by atoms with E-state index in [0.717, 1.165) is 17.0 Å². The minimum atomic E-state index is -0.0689. The van der Waals surface area contributed by atoms with Crippen LogP contribution in [0, 0.1) is 0 Å². The van der Waals surface area contributed by atoms with Crippen molar-refractivity contribution in [2.75, 3.05) is 39.4 Å². The number of nitrogens with zero attached hydrogens (tertiary/aromatic N) is 2. The maximum absolute atomic E-state index is 11.8. The van der Waals surface area contributed by atoms with Crippen LogP contribution >= 0.6 is 11.3 Å². The molecule has 0 saturated heterocycles. The van der Waals surface area contributed by atoms with Gasteiger partial charge in [-0.1, -0.05) is 0 Å². The topological polar surface area (TPSA) is 60.9 Å². The molecular weight excluding hydrogens is 316 g/mol. The van der Waals surface area contributed by atoms with E-state index in [1.54, 1.807) is 26.2 Å². The van der Waals surface area contributed by atoms with Crippen LogP contribution in [-0.2, 0) is 9.53 Å². The molecule has 0 atom stereocenters. The third-order valence-electron chi connectivity index (χ3n) is 3.30. The van der Waals surface area contributed by atoms with Gasteiger partial charge in [-0.2, -0.15) is 0 Å². The summed E-state index contributed by atoms with van der Waals surface area (Å²) in [7, 11) is 4.83. The van der Waals surface area contributed by atoms with Gasteiger partial charge in [-0.25, -0.2) is 4.98 Å². The predicted octanol–water partition coefficient (Wildman–Crippen LogP) is 2.83. The van der Waals surface area contributed by atoms with E-state index < -0.39 is 0 Å². The molecule has 1 aromatic carbocycles. The lowest BCUT2D eigenvalue weighted by atomic mass is 10.1. The number of rotatable bonds is 7. The van der Waals surface area contributed by atoms with Crippen molar-refractivity contribution >= 4 is 22.4 Å². The number of aromatic nitrogens is 1. The van der Waals surface area contributed by atoms with Crippen LogP contribution in [0.15, 0.2) is 23.6 Å². The molecule has 7 heteroatoms. The van der Waals surface area contributed by atoms with Crippen LogP contribution in [0.3, 0.4) is 0 Å². The molecule has 0 aliphatic carbocycles. The van der Waals surface area contributed by atoms with Gasteiger partial charge < -0.3 is 14.2 Å². The van der Waals surface area contributed by atoms with E-state index >= 15 is 0 Å². The van der Waals surface area contributed by atoms with Crippen molar-refractivity contribution in [1.29, 1.82) is 0 Å². The third kappa shape index (κ3) is 4.00. The second-order valence-electron chi connectivity index (χ2n) is 4.74. The molecule has 1 heterocycles. The molecule has 0 N–H and O–H groups in total. The molecule has 6 nitrogen and oxygen atoms in total. The van der Waals surface area contributed by atoms with E-state index in [2.05, 4.69) is 4.98 Å². The van der Waals surface area contributed by atoms with Crippen LogP contribution in [0.2, 0.25) is 0 Å². The SMILES string of the molecule is COCCN(C(C)=O)c1nc(-c2cc(OC)ccc2OC)cs1. The summed E-state index contributed by atoms with van der Waals surface area (Å²) in [6.07, 6.45) is 0. The third-order valence-corrected chi connectivity index (χ3v) is 4.17. The number of carbonyl (C=O) groups excluding carboxylic acids is 1. The standard InChI is InChI=1S/C16H20N2O4S/c1-11(19)18(7-8-20-2)16-17-14(10-23-16)13-9-12(21-3)5-6-15(13)22-4/h5-6,9-10H,7-8H2,1-4H3. The van der Waals surface area contributed by atoms with E-state index in [9.17, 15) is 4.79 Å². The molecule has 0 saturated carbocycles. The van der Waals surface area contributed by atoms with Crippen LogP contribution in [0.25, 0.3) is 11.3 Å². The van der Waals surface area contributed by atoms with Crippen molar-refractivity contribution in [3.8, 4) is 22.8 Å². The number of benzene rings is 1. The summed E-state index contributed by atoms with van der Waals surface area (Å²) < 4.78 is 15.7. The van der Waals surface area contributed by atoms with Gasteiger partial charge in [-0.05, 0) is 18.2 Å². The van der Waals surface area contributed by atoms with E-state index in [0.29, 0.717) is 24.0 Å². The Balaban J connectivity index is 2.36. The molecule has 0 aliphatic rings. The monoisotopic (exact) mass is 336 g/mol. The number of thiazole rings is 1. The molecule has 0 fully saturated rings. The van der Waals surface area contributed by atoms with Crippen molar-refractivity contribution in [3.05, 3.63) is 23.6 Å². The minimum absolute atomic E-state index is 0.0689. The molecule has 124 valence electrons. The fraction of sp³-hybridized carbons (Fsp3) is 0.375. The van der Waals surface area contributed by atoms with E-state index in [1.807, 2.05) is 23.6 Å². The molecule has 0 unspecified atom stereocenters. The largest absolute Gasteiger partial charge is 0.497 e. The normalized spacial score (nSPS) is 10.4. The molecule has 0 aliphatic heterocycles. The lowest BCUT2D eigenvalue weighted by Crippen LogP contribution is -2.31. The van der Waals surface area contributed by atoms with Crippen molar-refractivity contribution < 1.29 is 19.0 Å². The Kier molecular flexibility index (Phi) is 5.95. The number of amides is 1. The fourth-order valence-corrected chi connectivity index (χ4v) is 2.99. The van der Waals surface area contributed by atoms with Crippen molar-refractivity contribution in [1.82, 2.24) is 4.98 Å². The summed E-state index contributed by atoms with van der Waals surface area (Å²) in [6, 6.07) is 5.53. The quantitative estimate of drug-likeness (QED) is 0.778. The van der Waals surface area contributed by atoms with Gasteiger partial charge in [0, 0.05) is 25.0 Å². The van der Waals surface area contributed by atoms with Gasteiger partial charge in [0.15, 0.2) is 5.13 Å². The fourth-order valence-electron chi connectivity index (χ4n) is 2.10. The van der Waals surface area contributed by atoms with Crippen molar-refractivity contribution in [3.63, 3.8) is 0 Å². The van der Waals surface area contributed by atoms with Crippen LogP contribution in [0.4, 0.5) is 5.13 Å². The maximum atomic E-state index is 11.8. The van der Waals surface area contributed by atoms with Gasteiger partial charge >= 0.3 is 0 Å². The minimum Gasteiger partial charge on any atom is -0.497 e. The summed E-state index contributed by atoms with van der Waals surface area (Å²) in [5.74, 6) is 1.35. The molecule has 0 radical (unpaired) electrons. The Morgan fingerprint density at radius 3 is 2.65 bits per heavy atom. The zero-order valence-corrected chi connectivity index (χ0v) is 14.5. The Bertz CT molecular complexity index is 672. The average molecular weight is 336 g/mol. The van der Waals surface area contributed by atoms with Crippen LogP contribution in [0.5, 0.6) is 11.5 Å². The van der Waals surface area contributed by atoms with E-state index in [1.165, 1.54) is 18.3 Å². The zero-order valence-electron chi connectivity index (χ0n) is 13.7. The summed E-state index contributed by atoms with van der Waals surface area (Å²) in [5, 5.41) is 2.53. The van der Waals surface area contributed by atoms with Crippen molar-refractivity contribution in [2.24, 2.45) is 0 Å². The predicted molar refractivity (Wildman–Crippen MR) is 90.6 cm³/mol. The molecule has 0 bridgehead atoms. The highest BCUT2D eigenvalue weighted by Crippen LogP contribution is 2.35. The lowest BCUT2D eigenvalue weighted by Gasteiger charge is -2.17. The number of hydrogen-bond donors (Lipinski definition) is 0. The molecule has 1 aromatic heterocycles. The Hall–Kier alpha value is -2.12. The van der Waals surface area contributed by atoms with Crippen LogP contribution < -0.4 is 14.4 Å². The Labute approximate surface area is 139 Å². The first kappa shape index (κ1) is 17.2. The van der Waals surface area contributed by atoms with Crippen LogP contribution in [0.1, 0.15) is 6.92 Å². The van der Waals surface area contributed by atoms with Gasteiger partial charge in [-0.15, -0.1) is 11.3 Å². The van der Waals surface area contributed by atoms with Gasteiger partial charge in [-0.3, -0.25) is 9.69 Å². The van der Waals surface area contributed by atoms with E-state index in [4.69, 9.17) is 14.2 Å². The highest BCUT2D eigenvalue weighted by Gasteiger charge is 2.17. The van der Waals surface area contributed by atoms with Gasteiger partial charge in [0.1, 0.15) is 11.5 Å². The molecular formula is C16H20N2O4S. The molecule has 1 amide bonds. The second kappa shape index (κ2) is 7.94. The first-order chi connectivity index (χ1) is 11.1. The molecule has 23 heavy (non-hydrogen) atoms. The molecule has 2 rings (SSSR count). The van der Waals surface area contributed by atoms with Crippen molar-refractivity contribution in [2.45, 2.75) is 6.92 Å².